The number of ether oxygens (including phenoxy) is 1. The Morgan fingerprint density at radius 3 is 2.58 bits per heavy atom. The molecule has 0 spiro atoms. The summed E-state index contributed by atoms with van der Waals surface area (Å²) in [6, 6.07) is 19.7. The van der Waals surface area contributed by atoms with Crippen LogP contribution < -0.4 is 15.0 Å². The molecule has 0 aliphatic rings. The zero-order valence-electron chi connectivity index (χ0n) is 15.2. The lowest BCUT2D eigenvalue weighted by atomic mass is 10.1. The second-order valence-electron chi connectivity index (χ2n) is 6.48. The number of aromatic nitrogens is 1. The van der Waals surface area contributed by atoms with Crippen molar-refractivity contribution < 1.29 is 14.4 Å². The van der Waals surface area contributed by atoms with E-state index >= 15 is 0 Å². The van der Waals surface area contributed by atoms with Gasteiger partial charge >= 0.3 is 0 Å². The van der Waals surface area contributed by atoms with Crippen molar-refractivity contribution in [2.24, 2.45) is 0 Å². The molecule has 5 heteroatoms. The van der Waals surface area contributed by atoms with Gasteiger partial charge in [-0.15, -0.1) is 0 Å². The number of pyridine rings is 1. The lowest BCUT2D eigenvalue weighted by Crippen LogP contribution is -3.06. The monoisotopic (exact) mass is 350 g/mol. The summed E-state index contributed by atoms with van der Waals surface area (Å²) in [6.45, 7) is 1.50. The van der Waals surface area contributed by atoms with Crippen molar-refractivity contribution in [3.05, 3.63) is 60.7 Å². The molecule has 0 aliphatic heterocycles. The van der Waals surface area contributed by atoms with Crippen LogP contribution in [0.3, 0.4) is 0 Å². The number of fused-ring (bicyclic) bond motifs is 1. The van der Waals surface area contributed by atoms with Gasteiger partial charge in [0.15, 0.2) is 6.61 Å². The molecule has 0 bridgehead atoms. The summed E-state index contributed by atoms with van der Waals surface area (Å²) < 4.78 is 5.84. The van der Waals surface area contributed by atoms with Crippen LogP contribution in [0.25, 0.3) is 22.2 Å². The highest BCUT2D eigenvalue weighted by molar-refractivity contribution is 5.88. The lowest BCUT2D eigenvalue weighted by molar-refractivity contribution is -0.856. The van der Waals surface area contributed by atoms with Crippen molar-refractivity contribution in [3.8, 4) is 17.0 Å². The molecule has 2 aromatic carbocycles. The quantitative estimate of drug-likeness (QED) is 0.680. The van der Waals surface area contributed by atoms with E-state index in [0.717, 1.165) is 28.7 Å². The molecule has 1 amide bonds. The number of likely N-dealkylation sites (N-methyl/N-ethyl adjacent to an activating group) is 1. The Labute approximate surface area is 153 Å². The fourth-order valence-electron chi connectivity index (χ4n) is 2.67. The number of rotatable bonds is 7. The molecule has 0 fully saturated rings. The van der Waals surface area contributed by atoms with Gasteiger partial charge in [0.2, 0.25) is 0 Å². The van der Waals surface area contributed by atoms with Crippen LogP contribution in [0.1, 0.15) is 0 Å². The Balaban J connectivity index is 1.79. The molecule has 3 aromatic rings. The van der Waals surface area contributed by atoms with Crippen molar-refractivity contribution in [2.45, 2.75) is 0 Å². The Morgan fingerprint density at radius 2 is 1.81 bits per heavy atom. The molecular formula is C21H24N3O2+. The predicted molar refractivity (Wildman–Crippen MR) is 103 cm³/mol. The van der Waals surface area contributed by atoms with E-state index in [1.54, 1.807) is 0 Å². The van der Waals surface area contributed by atoms with Crippen molar-refractivity contribution >= 4 is 16.8 Å². The van der Waals surface area contributed by atoms with E-state index in [1.807, 2.05) is 60.7 Å². The average molecular weight is 350 g/mol. The summed E-state index contributed by atoms with van der Waals surface area (Å²) in [5.41, 5.74) is 2.69. The number of hydrogen-bond acceptors (Lipinski definition) is 3. The van der Waals surface area contributed by atoms with E-state index in [0.29, 0.717) is 12.3 Å². The van der Waals surface area contributed by atoms with Gasteiger partial charge in [-0.1, -0.05) is 42.5 Å². The summed E-state index contributed by atoms with van der Waals surface area (Å²) in [5.74, 6) is 0.552. The summed E-state index contributed by atoms with van der Waals surface area (Å²) in [5, 5.41) is 3.78. The maximum Gasteiger partial charge on any atom is 0.258 e. The fourth-order valence-corrected chi connectivity index (χ4v) is 2.67. The first-order chi connectivity index (χ1) is 12.6. The number of amides is 1. The average Bonchev–Trinajstić information content (AvgIpc) is 2.66. The Morgan fingerprint density at radius 1 is 1.08 bits per heavy atom. The zero-order chi connectivity index (χ0) is 18.4. The first-order valence-corrected chi connectivity index (χ1v) is 8.77. The number of carbonyl (C=O) groups is 1. The van der Waals surface area contributed by atoms with E-state index in [2.05, 4.69) is 19.4 Å². The van der Waals surface area contributed by atoms with Crippen LogP contribution in [0.5, 0.6) is 5.75 Å². The van der Waals surface area contributed by atoms with Crippen molar-refractivity contribution in [2.75, 3.05) is 33.8 Å². The van der Waals surface area contributed by atoms with Gasteiger partial charge in [0.05, 0.1) is 38.4 Å². The Bertz CT molecular complexity index is 879. The Kier molecular flexibility index (Phi) is 5.81. The third kappa shape index (κ3) is 4.58. The van der Waals surface area contributed by atoms with Gasteiger partial charge in [-0.25, -0.2) is 4.98 Å². The maximum absolute atomic E-state index is 12.0. The van der Waals surface area contributed by atoms with Gasteiger partial charge in [-0.3, -0.25) is 4.79 Å². The zero-order valence-corrected chi connectivity index (χ0v) is 15.2. The molecule has 0 saturated carbocycles. The van der Waals surface area contributed by atoms with Gasteiger partial charge in [-0.2, -0.15) is 0 Å². The summed E-state index contributed by atoms with van der Waals surface area (Å²) in [7, 11) is 4.10. The van der Waals surface area contributed by atoms with E-state index < -0.39 is 0 Å². The van der Waals surface area contributed by atoms with E-state index in [-0.39, 0.29) is 12.5 Å². The minimum atomic E-state index is -0.117. The van der Waals surface area contributed by atoms with Crippen LogP contribution in [-0.4, -0.2) is 44.7 Å². The van der Waals surface area contributed by atoms with E-state index in [1.165, 1.54) is 4.90 Å². The van der Waals surface area contributed by atoms with Crippen molar-refractivity contribution in [3.63, 3.8) is 0 Å². The third-order valence-corrected chi connectivity index (χ3v) is 4.05. The molecule has 134 valence electrons. The summed E-state index contributed by atoms with van der Waals surface area (Å²) in [6.07, 6.45) is 0. The lowest BCUT2D eigenvalue weighted by Gasteiger charge is -2.12. The number of hydrogen-bond donors (Lipinski definition) is 2. The maximum atomic E-state index is 12.0. The first-order valence-electron chi connectivity index (χ1n) is 8.77. The van der Waals surface area contributed by atoms with Crippen LogP contribution in [0.15, 0.2) is 60.7 Å². The minimum Gasteiger partial charge on any atom is -0.483 e. The molecule has 26 heavy (non-hydrogen) atoms. The molecule has 1 heterocycles. The molecule has 3 rings (SSSR count). The largest absolute Gasteiger partial charge is 0.483 e. The van der Waals surface area contributed by atoms with E-state index in [4.69, 9.17) is 9.72 Å². The number of benzene rings is 2. The van der Waals surface area contributed by atoms with E-state index in [9.17, 15) is 4.79 Å². The van der Waals surface area contributed by atoms with Gasteiger partial charge in [0.1, 0.15) is 5.75 Å². The molecule has 0 atom stereocenters. The summed E-state index contributed by atoms with van der Waals surface area (Å²) >= 11 is 0. The number of carbonyl (C=O) groups excluding carboxylic acids is 1. The number of nitrogens with zero attached hydrogens (tertiary/aromatic N) is 1. The number of nitrogens with one attached hydrogen (secondary N) is 2. The second kappa shape index (κ2) is 8.45. The van der Waals surface area contributed by atoms with Crippen LogP contribution in [0.2, 0.25) is 0 Å². The molecule has 5 nitrogen and oxygen atoms in total. The number of quaternary nitrogens is 1. The highest BCUT2D eigenvalue weighted by atomic mass is 16.5. The third-order valence-electron chi connectivity index (χ3n) is 4.05. The standard InChI is InChI=1S/C21H23N3O2/c1-24(2)13-12-22-21(25)15-26-20-14-19(16-8-4-3-5-9-16)23-18-11-7-6-10-17(18)20/h3-11,14H,12-13,15H2,1-2H3,(H,22,25)/p+1. The predicted octanol–water partition coefficient (Wildman–Crippen LogP) is 1.54. The van der Waals surface area contributed by atoms with Crippen molar-refractivity contribution in [1.29, 1.82) is 0 Å². The van der Waals surface area contributed by atoms with Gasteiger partial charge < -0.3 is 15.0 Å². The smallest absolute Gasteiger partial charge is 0.258 e. The van der Waals surface area contributed by atoms with Gasteiger partial charge in [-0.05, 0) is 12.1 Å². The van der Waals surface area contributed by atoms with Gasteiger partial charge in [0.25, 0.3) is 5.91 Å². The van der Waals surface area contributed by atoms with Crippen LogP contribution >= 0.6 is 0 Å². The minimum absolute atomic E-state index is 0.00893. The molecule has 0 aliphatic carbocycles. The Hall–Kier alpha value is -2.92. The van der Waals surface area contributed by atoms with Crippen molar-refractivity contribution in [1.82, 2.24) is 10.3 Å². The molecule has 2 N–H and O–H groups in total. The highest BCUT2D eigenvalue weighted by Gasteiger charge is 2.10. The highest BCUT2D eigenvalue weighted by Crippen LogP contribution is 2.29. The fraction of sp³-hybridized carbons (Fsp3) is 0.238. The topological polar surface area (TPSA) is 55.7 Å². The van der Waals surface area contributed by atoms with Crippen LogP contribution in [0.4, 0.5) is 0 Å². The normalized spacial score (nSPS) is 10.9. The van der Waals surface area contributed by atoms with Crippen LogP contribution in [0, 0.1) is 0 Å². The molecule has 1 aromatic heterocycles. The molecule has 0 saturated heterocycles. The second-order valence-corrected chi connectivity index (χ2v) is 6.48. The molecular weight excluding hydrogens is 326 g/mol. The number of para-hydroxylation sites is 1. The van der Waals surface area contributed by atoms with Gasteiger partial charge in [0, 0.05) is 17.0 Å². The SMILES string of the molecule is C[NH+](C)CCNC(=O)COc1cc(-c2ccccc2)nc2ccccc12. The summed E-state index contributed by atoms with van der Waals surface area (Å²) in [4.78, 5) is 18.0. The molecule has 0 radical (unpaired) electrons. The molecule has 0 unspecified atom stereocenters. The first kappa shape index (κ1) is 17.9. The van der Waals surface area contributed by atoms with Crippen LogP contribution in [-0.2, 0) is 4.79 Å².